The first-order chi connectivity index (χ1) is 20.7. The number of nitrogens with one attached hydrogen (secondary N) is 2. The van der Waals surface area contributed by atoms with Gasteiger partial charge in [-0.2, -0.15) is 4.98 Å². The van der Waals surface area contributed by atoms with Crippen molar-refractivity contribution in [1.82, 2.24) is 29.9 Å². The van der Waals surface area contributed by atoms with Crippen LogP contribution in [0.2, 0.25) is 0 Å². The highest BCUT2D eigenvalue weighted by molar-refractivity contribution is 7.90. The van der Waals surface area contributed by atoms with Crippen molar-refractivity contribution in [1.29, 1.82) is 0 Å². The van der Waals surface area contributed by atoms with Crippen LogP contribution in [0.5, 0.6) is 0 Å². The third-order valence-electron chi connectivity index (χ3n) is 8.64. The van der Waals surface area contributed by atoms with E-state index in [4.69, 9.17) is 9.51 Å². The van der Waals surface area contributed by atoms with E-state index in [2.05, 4.69) is 49.8 Å². The summed E-state index contributed by atoms with van der Waals surface area (Å²) in [6.45, 7) is 2.91. The number of anilines is 3. The molecule has 0 aliphatic carbocycles. The van der Waals surface area contributed by atoms with Crippen LogP contribution >= 0.6 is 0 Å². The van der Waals surface area contributed by atoms with Gasteiger partial charge in [-0.15, -0.1) is 0 Å². The zero-order valence-corrected chi connectivity index (χ0v) is 25.6. The molecule has 6 rings (SSSR count). The third kappa shape index (κ3) is 6.15. The number of aromatic nitrogens is 4. The zero-order valence-electron chi connectivity index (χ0n) is 24.8. The molecule has 228 valence electrons. The molecule has 43 heavy (non-hydrogen) atoms. The number of likely N-dealkylation sites (tertiary alicyclic amines) is 1. The Bertz CT molecular complexity index is 1760. The maximum absolute atomic E-state index is 14.1. The lowest BCUT2D eigenvalue weighted by Gasteiger charge is -2.33. The van der Waals surface area contributed by atoms with Crippen LogP contribution in [-0.2, 0) is 16.4 Å². The number of nitrogens with zero attached hydrogens (tertiary/aromatic N) is 6. The van der Waals surface area contributed by atoms with Crippen molar-refractivity contribution >= 4 is 38.2 Å². The summed E-state index contributed by atoms with van der Waals surface area (Å²) >= 11 is 0. The lowest BCUT2D eigenvalue weighted by molar-refractivity contribution is 0.186. The summed E-state index contributed by atoms with van der Waals surface area (Å²) in [7, 11) is 0.473. The molecular formula is C30H38N8O4S. The van der Waals surface area contributed by atoms with Crippen molar-refractivity contribution < 1.29 is 12.9 Å². The first kappa shape index (κ1) is 29.3. The lowest BCUT2D eigenvalue weighted by Crippen LogP contribution is -2.41. The predicted octanol–water partition coefficient (Wildman–Crippen LogP) is 3.32. The molecule has 12 nitrogen and oxygen atoms in total. The summed E-state index contributed by atoms with van der Waals surface area (Å²) in [6, 6.07) is 10.5. The molecule has 1 aromatic carbocycles. The van der Waals surface area contributed by atoms with E-state index in [1.807, 2.05) is 25.2 Å². The van der Waals surface area contributed by atoms with Crippen LogP contribution < -0.4 is 21.1 Å². The van der Waals surface area contributed by atoms with Gasteiger partial charge in [-0.25, -0.2) is 13.4 Å². The Labute approximate surface area is 251 Å². The molecule has 0 amide bonds. The van der Waals surface area contributed by atoms with Crippen LogP contribution in [0.25, 0.3) is 11.0 Å². The lowest BCUT2D eigenvalue weighted by atomic mass is 9.96. The number of benzene rings is 1. The van der Waals surface area contributed by atoms with E-state index >= 15 is 0 Å². The maximum atomic E-state index is 14.1. The van der Waals surface area contributed by atoms with Crippen molar-refractivity contribution in [2.24, 2.45) is 0 Å². The van der Waals surface area contributed by atoms with Crippen molar-refractivity contribution in [3.63, 3.8) is 0 Å². The van der Waals surface area contributed by atoms with E-state index < -0.39 is 9.84 Å². The summed E-state index contributed by atoms with van der Waals surface area (Å²) in [6.07, 6.45) is 9.31. The highest BCUT2D eigenvalue weighted by Gasteiger charge is 2.27. The second-order valence-electron chi connectivity index (χ2n) is 11.6. The monoisotopic (exact) mass is 606 g/mol. The molecule has 2 fully saturated rings. The predicted molar refractivity (Wildman–Crippen MR) is 166 cm³/mol. The van der Waals surface area contributed by atoms with Crippen molar-refractivity contribution in [3.05, 3.63) is 64.2 Å². The Hall–Kier alpha value is -3.81. The van der Waals surface area contributed by atoms with Crippen LogP contribution in [0.3, 0.4) is 0 Å². The van der Waals surface area contributed by atoms with Crippen LogP contribution in [0.1, 0.15) is 49.3 Å². The first-order valence-electron chi connectivity index (χ1n) is 14.7. The van der Waals surface area contributed by atoms with Gasteiger partial charge in [0.25, 0.3) is 10.7 Å². The van der Waals surface area contributed by atoms with Crippen molar-refractivity contribution in [2.75, 3.05) is 50.2 Å². The molecular weight excluding hydrogens is 568 g/mol. The van der Waals surface area contributed by atoms with Gasteiger partial charge < -0.3 is 20.1 Å². The number of hydrogen-bond acceptors (Lipinski definition) is 11. The molecule has 4 aromatic rings. The molecule has 2 aliphatic heterocycles. The fourth-order valence-corrected chi connectivity index (χ4v) is 7.01. The number of piperidine rings is 2. The Morgan fingerprint density at radius 1 is 1.12 bits per heavy atom. The minimum absolute atomic E-state index is 0.0481. The smallest absolute Gasteiger partial charge is 0.257 e. The van der Waals surface area contributed by atoms with Gasteiger partial charge in [0.15, 0.2) is 0 Å². The number of sulfone groups is 1. The van der Waals surface area contributed by atoms with Gasteiger partial charge in [-0.1, -0.05) is 11.6 Å². The number of pyridine rings is 1. The molecule has 0 saturated carbocycles. The molecule has 0 spiro atoms. The van der Waals surface area contributed by atoms with Crippen molar-refractivity contribution in [2.45, 2.75) is 55.8 Å². The summed E-state index contributed by atoms with van der Waals surface area (Å²) in [4.78, 5) is 27.9. The topological polar surface area (TPSA) is 138 Å². The fraction of sp³-hybridized carbons (Fsp3) is 0.467. The summed E-state index contributed by atoms with van der Waals surface area (Å²) in [5, 5.41) is 10.8. The van der Waals surface area contributed by atoms with Gasteiger partial charge in [0, 0.05) is 53.9 Å². The largest absolute Gasteiger partial charge is 0.372 e. The van der Waals surface area contributed by atoms with E-state index in [0.29, 0.717) is 34.2 Å². The van der Waals surface area contributed by atoms with Crippen molar-refractivity contribution in [3.8, 4) is 0 Å². The first-order valence-corrected chi connectivity index (χ1v) is 16.6. The van der Waals surface area contributed by atoms with E-state index in [-0.39, 0.29) is 23.2 Å². The van der Waals surface area contributed by atoms with Gasteiger partial charge in [-0.3, -0.25) is 14.3 Å². The average molecular weight is 607 g/mol. The maximum Gasteiger partial charge on any atom is 0.257 e. The standard InChI is InChI=1S/C30H38N8O4S/c1-36-15-5-4-6-26(36)25-16-20-17-32-30(34-22-7-9-23(10-8-22)37(2)24-11-13-31-14-12-24)35-27(20)38(28(25)39)19-21-18-33-42-29(21)43(3,40)41/h7-10,16-18,24,26,31H,4-6,11-15,19H2,1-3H3,(H,32,34,35). The number of fused-ring (bicyclic) bond motifs is 1. The highest BCUT2D eigenvalue weighted by atomic mass is 32.2. The summed E-state index contributed by atoms with van der Waals surface area (Å²) < 4.78 is 31.3. The van der Waals surface area contributed by atoms with E-state index in [9.17, 15) is 13.2 Å². The molecule has 13 heteroatoms. The molecule has 2 aliphatic rings. The van der Waals surface area contributed by atoms with Gasteiger partial charge >= 0.3 is 0 Å². The molecule has 0 bridgehead atoms. The Balaban J connectivity index is 1.35. The summed E-state index contributed by atoms with van der Waals surface area (Å²) in [5.41, 5.74) is 3.07. The molecule has 0 radical (unpaired) electrons. The quantitative estimate of drug-likeness (QED) is 0.305. The molecule has 1 unspecified atom stereocenters. The van der Waals surface area contributed by atoms with Gasteiger partial charge in [0.2, 0.25) is 15.8 Å². The minimum Gasteiger partial charge on any atom is -0.372 e. The SMILES string of the molecule is CN1CCCCC1c1cc2cnc(Nc3ccc(N(C)C4CCNCC4)cc3)nc2n(Cc2cnoc2S(C)(=O)=O)c1=O. The Morgan fingerprint density at radius 2 is 1.88 bits per heavy atom. The van der Waals surface area contributed by atoms with E-state index in [1.165, 1.54) is 10.8 Å². The Morgan fingerprint density at radius 3 is 2.60 bits per heavy atom. The van der Waals surface area contributed by atoms with Gasteiger partial charge in [0.05, 0.1) is 18.3 Å². The van der Waals surface area contributed by atoms with E-state index in [1.54, 1.807) is 6.20 Å². The van der Waals surface area contributed by atoms with Crippen LogP contribution in [0, 0.1) is 0 Å². The molecule has 2 saturated heterocycles. The van der Waals surface area contributed by atoms with Gasteiger partial charge in [-0.05, 0) is 82.7 Å². The Kier molecular flexibility index (Phi) is 8.21. The summed E-state index contributed by atoms with van der Waals surface area (Å²) in [5.74, 6) is 0.330. The number of rotatable bonds is 8. The van der Waals surface area contributed by atoms with Crippen LogP contribution in [0.4, 0.5) is 17.3 Å². The van der Waals surface area contributed by atoms with Crippen LogP contribution in [0.15, 0.2) is 57.1 Å². The highest BCUT2D eigenvalue weighted by Crippen LogP contribution is 2.30. The second kappa shape index (κ2) is 12.1. The fourth-order valence-electron chi connectivity index (χ4n) is 6.24. The van der Waals surface area contributed by atoms with E-state index in [0.717, 1.165) is 69.4 Å². The average Bonchev–Trinajstić information content (AvgIpc) is 3.49. The van der Waals surface area contributed by atoms with Crippen LogP contribution in [-0.4, -0.2) is 79.0 Å². The van der Waals surface area contributed by atoms with Gasteiger partial charge in [0.1, 0.15) is 5.65 Å². The molecule has 1 atom stereocenters. The molecule has 2 N–H and O–H groups in total. The molecule has 5 heterocycles. The minimum atomic E-state index is -3.69. The second-order valence-corrected chi connectivity index (χ2v) is 13.5. The zero-order chi connectivity index (χ0) is 30.1. The number of hydrogen-bond donors (Lipinski definition) is 2. The molecule has 3 aromatic heterocycles. The normalized spacial score (nSPS) is 18.6. The third-order valence-corrected chi connectivity index (χ3v) is 9.65.